The van der Waals surface area contributed by atoms with Crippen molar-refractivity contribution in [3.05, 3.63) is 35.9 Å². The van der Waals surface area contributed by atoms with Gasteiger partial charge in [0.1, 0.15) is 0 Å². The fraction of sp³-hybridized carbons (Fsp3) is 0.611. The molecule has 1 heterocycles. The van der Waals surface area contributed by atoms with Crippen molar-refractivity contribution in [2.45, 2.75) is 52.4 Å². The molecule has 122 valence electrons. The quantitative estimate of drug-likeness (QED) is 0.930. The maximum Gasteiger partial charge on any atom is 0.240 e. The van der Waals surface area contributed by atoms with Gasteiger partial charge in [0.2, 0.25) is 5.91 Å². The third-order valence-electron chi connectivity index (χ3n) is 4.28. The average molecular weight is 304 g/mol. The van der Waals surface area contributed by atoms with E-state index in [1.807, 2.05) is 43.9 Å². The highest BCUT2D eigenvalue weighted by Crippen LogP contribution is 2.22. The third kappa shape index (κ3) is 4.55. The molecule has 1 amide bonds. The summed E-state index contributed by atoms with van der Waals surface area (Å²) in [7, 11) is 0. The second-order valence-electron chi connectivity index (χ2n) is 7.16. The first-order chi connectivity index (χ1) is 10.4. The number of rotatable bonds is 4. The van der Waals surface area contributed by atoms with Gasteiger partial charge in [-0.05, 0) is 23.8 Å². The number of hydrogen-bond donors (Lipinski definition) is 1. The van der Waals surface area contributed by atoms with Crippen LogP contribution in [0.1, 0.15) is 39.2 Å². The Balaban J connectivity index is 1.77. The van der Waals surface area contributed by atoms with Crippen molar-refractivity contribution in [1.29, 1.82) is 0 Å². The molecule has 4 nitrogen and oxygen atoms in total. The highest BCUT2D eigenvalue weighted by atomic mass is 16.5. The van der Waals surface area contributed by atoms with Gasteiger partial charge in [0.05, 0.1) is 18.8 Å². The molecule has 4 heteroatoms. The van der Waals surface area contributed by atoms with E-state index in [0.29, 0.717) is 6.61 Å². The Labute approximate surface area is 133 Å². The summed E-state index contributed by atoms with van der Waals surface area (Å²) in [4.78, 5) is 14.3. The van der Waals surface area contributed by atoms with E-state index in [4.69, 9.17) is 10.5 Å². The van der Waals surface area contributed by atoms with E-state index in [9.17, 15) is 4.79 Å². The Morgan fingerprint density at radius 1 is 1.27 bits per heavy atom. The minimum atomic E-state index is -0.436. The zero-order chi connectivity index (χ0) is 16.2. The molecular formula is C18H28N2O2. The van der Waals surface area contributed by atoms with E-state index in [-0.39, 0.29) is 17.4 Å². The lowest BCUT2D eigenvalue weighted by Gasteiger charge is -2.36. The van der Waals surface area contributed by atoms with Crippen molar-refractivity contribution >= 4 is 5.91 Å². The number of carbonyl (C=O) groups is 1. The largest absolute Gasteiger partial charge is 0.373 e. The summed E-state index contributed by atoms with van der Waals surface area (Å²) in [5, 5.41) is 0. The lowest BCUT2D eigenvalue weighted by atomic mass is 9.86. The molecule has 1 aromatic rings. The first kappa shape index (κ1) is 17.0. The molecule has 2 N–H and O–H groups in total. The van der Waals surface area contributed by atoms with Gasteiger partial charge in [-0.2, -0.15) is 0 Å². The Morgan fingerprint density at radius 3 is 2.41 bits per heavy atom. The molecular weight excluding hydrogens is 276 g/mol. The maximum absolute atomic E-state index is 12.4. The topological polar surface area (TPSA) is 55.6 Å². The number of nitrogens with zero attached hydrogens (tertiary/aromatic N) is 1. The molecule has 0 unspecified atom stereocenters. The number of ether oxygens (including phenoxy) is 1. The molecule has 0 aromatic heterocycles. The Bertz CT molecular complexity index is 474. The molecule has 1 aromatic carbocycles. The standard InChI is InChI=1S/C18H28N2O2/c1-18(2,3)16(19)17(21)20-11-9-15(10-12-20)22-13-14-7-5-4-6-8-14/h4-8,15-16H,9-13,19H2,1-3H3/t16-/m1/s1. The van der Waals surface area contributed by atoms with Crippen LogP contribution in [0.3, 0.4) is 0 Å². The molecule has 0 aliphatic carbocycles. The van der Waals surface area contributed by atoms with Gasteiger partial charge in [0, 0.05) is 13.1 Å². The van der Waals surface area contributed by atoms with E-state index in [2.05, 4.69) is 12.1 Å². The lowest BCUT2D eigenvalue weighted by Crippen LogP contribution is -2.53. The number of benzene rings is 1. The summed E-state index contributed by atoms with van der Waals surface area (Å²) < 4.78 is 5.96. The van der Waals surface area contributed by atoms with E-state index < -0.39 is 6.04 Å². The van der Waals surface area contributed by atoms with Crippen LogP contribution in [-0.4, -0.2) is 36.0 Å². The van der Waals surface area contributed by atoms with Crippen molar-refractivity contribution < 1.29 is 9.53 Å². The normalized spacial score (nSPS) is 18.3. The fourth-order valence-corrected chi connectivity index (χ4v) is 2.60. The molecule has 1 aliphatic heterocycles. The second-order valence-corrected chi connectivity index (χ2v) is 7.16. The summed E-state index contributed by atoms with van der Waals surface area (Å²) in [6.07, 6.45) is 2.00. The molecule has 2 rings (SSSR count). The van der Waals surface area contributed by atoms with Gasteiger partial charge in [-0.3, -0.25) is 4.79 Å². The number of carbonyl (C=O) groups excluding carboxylic acids is 1. The van der Waals surface area contributed by atoms with Gasteiger partial charge >= 0.3 is 0 Å². The number of amides is 1. The Hall–Kier alpha value is -1.39. The SMILES string of the molecule is CC(C)(C)[C@H](N)C(=O)N1CCC(OCc2ccccc2)CC1. The van der Waals surface area contributed by atoms with Crippen LogP contribution in [0.2, 0.25) is 0 Å². The Morgan fingerprint density at radius 2 is 1.86 bits per heavy atom. The number of piperidine rings is 1. The van der Waals surface area contributed by atoms with E-state index in [1.165, 1.54) is 5.56 Å². The second kappa shape index (κ2) is 7.25. The zero-order valence-electron chi connectivity index (χ0n) is 13.9. The molecule has 22 heavy (non-hydrogen) atoms. The van der Waals surface area contributed by atoms with Gasteiger partial charge in [0.25, 0.3) is 0 Å². The highest BCUT2D eigenvalue weighted by molar-refractivity contribution is 5.82. The third-order valence-corrected chi connectivity index (χ3v) is 4.28. The van der Waals surface area contributed by atoms with Gasteiger partial charge < -0.3 is 15.4 Å². The summed E-state index contributed by atoms with van der Waals surface area (Å²) in [6.45, 7) is 8.13. The predicted molar refractivity (Wildman–Crippen MR) is 88.3 cm³/mol. The highest BCUT2D eigenvalue weighted by Gasteiger charge is 2.33. The molecule has 0 bridgehead atoms. The maximum atomic E-state index is 12.4. The fourth-order valence-electron chi connectivity index (χ4n) is 2.60. The number of nitrogens with two attached hydrogens (primary N) is 1. The van der Waals surface area contributed by atoms with Crippen molar-refractivity contribution in [3.63, 3.8) is 0 Å². The molecule has 1 aliphatic rings. The monoisotopic (exact) mass is 304 g/mol. The zero-order valence-corrected chi connectivity index (χ0v) is 13.9. The van der Waals surface area contributed by atoms with Crippen LogP contribution < -0.4 is 5.73 Å². The minimum Gasteiger partial charge on any atom is -0.373 e. The van der Waals surface area contributed by atoms with Crippen LogP contribution >= 0.6 is 0 Å². The molecule has 0 spiro atoms. The summed E-state index contributed by atoms with van der Waals surface area (Å²) >= 11 is 0. The molecule has 1 saturated heterocycles. The van der Waals surface area contributed by atoms with Crippen molar-refractivity contribution in [1.82, 2.24) is 4.90 Å². The van der Waals surface area contributed by atoms with E-state index in [0.717, 1.165) is 25.9 Å². The van der Waals surface area contributed by atoms with Gasteiger partial charge in [-0.25, -0.2) is 0 Å². The van der Waals surface area contributed by atoms with Crippen LogP contribution in [0.5, 0.6) is 0 Å². The van der Waals surface area contributed by atoms with Crippen LogP contribution in [0.25, 0.3) is 0 Å². The van der Waals surface area contributed by atoms with Crippen LogP contribution in [0.4, 0.5) is 0 Å². The summed E-state index contributed by atoms with van der Waals surface area (Å²) in [5.74, 6) is 0.0639. The minimum absolute atomic E-state index is 0.0639. The van der Waals surface area contributed by atoms with Gasteiger partial charge in [-0.15, -0.1) is 0 Å². The smallest absolute Gasteiger partial charge is 0.240 e. The predicted octanol–water partition coefficient (Wildman–Crippen LogP) is 2.57. The molecule has 1 fully saturated rings. The number of likely N-dealkylation sites (tertiary alicyclic amines) is 1. The van der Waals surface area contributed by atoms with Crippen LogP contribution in [0, 0.1) is 5.41 Å². The van der Waals surface area contributed by atoms with Crippen molar-refractivity contribution in [3.8, 4) is 0 Å². The van der Waals surface area contributed by atoms with Crippen molar-refractivity contribution in [2.75, 3.05) is 13.1 Å². The molecule has 0 radical (unpaired) electrons. The van der Waals surface area contributed by atoms with Gasteiger partial charge in [0.15, 0.2) is 0 Å². The van der Waals surface area contributed by atoms with Crippen LogP contribution in [-0.2, 0) is 16.1 Å². The van der Waals surface area contributed by atoms with Crippen LogP contribution in [0.15, 0.2) is 30.3 Å². The number of hydrogen-bond acceptors (Lipinski definition) is 3. The van der Waals surface area contributed by atoms with E-state index in [1.54, 1.807) is 0 Å². The Kier molecular flexibility index (Phi) is 5.59. The van der Waals surface area contributed by atoms with E-state index >= 15 is 0 Å². The average Bonchev–Trinajstić information content (AvgIpc) is 2.52. The lowest BCUT2D eigenvalue weighted by molar-refractivity contribution is -0.137. The summed E-state index contributed by atoms with van der Waals surface area (Å²) in [5.41, 5.74) is 7.07. The first-order valence-electron chi connectivity index (χ1n) is 8.08. The van der Waals surface area contributed by atoms with Crippen molar-refractivity contribution in [2.24, 2.45) is 11.1 Å². The van der Waals surface area contributed by atoms with Gasteiger partial charge in [-0.1, -0.05) is 51.1 Å². The molecule has 0 saturated carbocycles. The first-order valence-corrected chi connectivity index (χ1v) is 8.08. The summed E-state index contributed by atoms with van der Waals surface area (Å²) in [6, 6.07) is 9.75. The molecule has 1 atom stereocenters.